The van der Waals surface area contributed by atoms with Gasteiger partial charge in [-0.1, -0.05) is 42.5 Å². The van der Waals surface area contributed by atoms with Gasteiger partial charge in [-0.25, -0.2) is 9.97 Å². The molecule has 0 aliphatic rings. The second-order valence-electron chi connectivity index (χ2n) is 5.49. The van der Waals surface area contributed by atoms with E-state index in [1.807, 2.05) is 43.3 Å². The van der Waals surface area contributed by atoms with Crippen LogP contribution in [0.4, 0.5) is 0 Å². The van der Waals surface area contributed by atoms with Crippen LogP contribution in [-0.2, 0) is 0 Å². The van der Waals surface area contributed by atoms with E-state index in [1.54, 1.807) is 0 Å². The molecule has 3 nitrogen and oxygen atoms in total. The quantitative estimate of drug-likeness (QED) is 0.481. The molecule has 0 spiro atoms. The smallest absolute Gasteiger partial charge is 0.126 e. The summed E-state index contributed by atoms with van der Waals surface area (Å²) in [5.41, 5.74) is 3.52. The lowest BCUT2D eigenvalue weighted by Gasteiger charge is -2.09. The Kier molecular flexibility index (Phi) is 3.03. The molecule has 0 N–H and O–H groups in total. The number of rotatable bonds is 1. The topological polar surface area (TPSA) is 49.6 Å². The summed E-state index contributed by atoms with van der Waals surface area (Å²) in [6, 6.07) is 22.1. The molecule has 0 saturated carbocycles. The number of hydrogen-bond acceptors (Lipinski definition) is 3. The number of benzene rings is 3. The van der Waals surface area contributed by atoms with Crippen molar-refractivity contribution in [3.8, 4) is 17.3 Å². The van der Waals surface area contributed by atoms with Crippen molar-refractivity contribution in [3.63, 3.8) is 0 Å². The highest BCUT2D eigenvalue weighted by molar-refractivity contribution is 6.09. The molecular weight excluding hydrogens is 282 g/mol. The third kappa shape index (κ3) is 2.21. The van der Waals surface area contributed by atoms with E-state index in [4.69, 9.17) is 5.26 Å². The monoisotopic (exact) mass is 295 g/mol. The lowest BCUT2D eigenvalue weighted by molar-refractivity contribution is 1.10. The van der Waals surface area contributed by atoms with Crippen molar-refractivity contribution in [2.75, 3.05) is 0 Å². The van der Waals surface area contributed by atoms with Crippen LogP contribution in [0.5, 0.6) is 0 Å². The molecular formula is C20H13N3. The molecule has 1 aromatic heterocycles. The molecule has 0 unspecified atom stereocenters. The van der Waals surface area contributed by atoms with E-state index in [0.717, 1.165) is 33.4 Å². The normalized spacial score (nSPS) is 10.8. The molecule has 0 aliphatic carbocycles. The number of nitrogens with zero attached hydrogens (tertiary/aromatic N) is 3. The Morgan fingerprint density at radius 3 is 2.39 bits per heavy atom. The predicted molar refractivity (Wildman–Crippen MR) is 91.9 cm³/mol. The van der Waals surface area contributed by atoms with Crippen molar-refractivity contribution in [1.82, 2.24) is 9.97 Å². The van der Waals surface area contributed by atoms with Crippen molar-refractivity contribution in [3.05, 3.63) is 72.1 Å². The molecule has 0 saturated heterocycles. The highest BCUT2D eigenvalue weighted by atomic mass is 14.9. The average molecular weight is 295 g/mol. The molecule has 3 heteroatoms. The van der Waals surface area contributed by atoms with Crippen LogP contribution in [0.25, 0.3) is 32.9 Å². The Hall–Kier alpha value is -3.25. The summed E-state index contributed by atoms with van der Waals surface area (Å²) in [5, 5.41) is 12.3. The highest BCUT2D eigenvalue weighted by Gasteiger charge is 2.10. The van der Waals surface area contributed by atoms with Crippen LogP contribution >= 0.6 is 0 Å². The summed E-state index contributed by atoms with van der Waals surface area (Å²) in [5.74, 6) is 0.744. The Balaban J connectivity index is 2.06. The predicted octanol–water partition coefficient (Wildman–Crippen LogP) is 4.63. The average Bonchev–Trinajstić information content (AvgIpc) is 2.61. The Labute approximate surface area is 133 Å². The first-order valence-corrected chi connectivity index (χ1v) is 7.43. The van der Waals surface area contributed by atoms with E-state index >= 15 is 0 Å². The van der Waals surface area contributed by atoms with E-state index in [9.17, 15) is 0 Å². The first-order valence-electron chi connectivity index (χ1n) is 7.43. The third-order valence-electron chi connectivity index (χ3n) is 3.99. The second-order valence-corrected chi connectivity index (χ2v) is 5.49. The zero-order valence-electron chi connectivity index (χ0n) is 12.6. The van der Waals surface area contributed by atoms with Crippen molar-refractivity contribution in [2.24, 2.45) is 0 Å². The van der Waals surface area contributed by atoms with Gasteiger partial charge >= 0.3 is 0 Å². The van der Waals surface area contributed by atoms with Gasteiger partial charge in [0, 0.05) is 16.3 Å². The minimum atomic E-state index is 0.647. The zero-order chi connectivity index (χ0) is 15.8. The van der Waals surface area contributed by atoms with Crippen LogP contribution in [0, 0.1) is 18.3 Å². The third-order valence-corrected chi connectivity index (χ3v) is 3.99. The SMILES string of the molecule is Cc1nc(-c2ccc(C#N)cc2)c2ccc3ccccc3c2n1. The van der Waals surface area contributed by atoms with Crippen LogP contribution in [0.1, 0.15) is 11.4 Å². The molecule has 4 rings (SSSR count). The summed E-state index contributed by atoms with van der Waals surface area (Å²) >= 11 is 0. The molecule has 0 atom stereocenters. The number of hydrogen-bond donors (Lipinski definition) is 0. The maximum Gasteiger partial charge on any atom is 0.126 e. The molecule has 0 fully saturated rings. The number of nitriles is 1. The van der Waals surface area contributed by atoms with Gasteiger partial charge in [0.1, 0.15) is 5.82 Å². The van der Waals surface area contributed by atoms with Gasteiger partial charge < -0.3 is 0 Å². The van der Waals surface area contributed by atoms with Gasteiger partial charge in [0.2, 0.25) is 0 Å². The Morgan fingerprint density at radius 1 is 0.826 bits per heavy atom. The summed E-state index contributed by atoms with van der Waals surface area (Å²) in [6.45, 7) is 1.91. The van der Waals surface area contributed by atoms with E-state index < -0.39 is 0 Å². The zero-order valence-corrected chi connectivity index (χ0v) is 12.6. The summed E-state index contributed by atoms with van der Waals surface area (Å²) in [6.07, 6.45) is 0. The van der Waals surface area contributed by atoms with E-state index in [1.165, 1.54) is 5.39 Å². The maximum atomic E-state index is 8.96. The largest absolute Gasteiger partial charge is 0.233 e. The van der Waals surface area contributed by atoms with E-state index in [2.05, 4.69) is 40.3 Å². The van der Waals surface area contributed by atoms with Crippen LogP contribution in [0.3, 0.4) is 0 Å². The van der Waals surface area contributed by atoms with E-state index in [0.29, 0.717) is 5.56 Å². The molecule has 3 aromatic carbocycles. The molecule has 0 radical (unpaired) electrons. The fourth-order valence-corrected chi connectivity index (χ4v) is 2.90. The first kappa shape index (κ1) is 13.4. The molecule has 0 aliphatic heterocycles. The number of aryl methyl sites for hydroxylation is 1. The second kappa shape index (κ2) is 5.19. The fraction of sp³-hybridized carbons (Fsp3) is 0.0500. The standard InChI is InChI=1S/C20H13N3/c1-13-22-19(16-8-6-14(12-21)7-9-16)18-11-10-15-4-2-3-5-17(15)20(18)23-13/h2-11H,1H3. The minimum Gasteiger partial charge on any atom is -0.233 e. The van der Waals surface area contributed by atoms with Crippen LogP contribution < -0.4 is 0 Å². The van der Waals surface area contributed by atoms with Crippen molar-refractivity contribution in [1.29, 1.82) is 5.26 Å². The van der Waals surface area contributed by atoms with Gasteiger partial charge in [-0.05, 0) is 30.5 Å². The summed E-state index contributed by atoms with van der Waals surface area (Å²) < 4.78 is 0. The Morgan fingerprint density at radius 2 is 1.61 bits per heavy atom. The van der Waals surface area contributed by atoms with Gasteiger partial charge in [-0.3, -0.25) is 0 Å². The maximum absolute atomic E-state index is 8.96. The summed E-state index contributed by atoms with van der Waals surface area (Å²) in [7, 11) is 0. The number of fused-ring (bicyclic) bond motifs is 3. The lowest BCUT2D eigenvalue weighted by Crippen LogP contribution is -1.95. The van der Waals surface area contributed by atoms with Crippen LogP contribution in [0.15, 0.2) is 60.7 Å². The minimum absolute atomic E-state index is 0.647. The van der Waals surface area contributed by atoms with Crippen molar-refractivity contribution >= 4 is 21.7 Å². The van der Waals surface area contributed by atoms with Gasteiger partial charge in [-0.15, -0.1) is 0 Å². The number of aromatic nitrogens is 2. The van der Waals surface area contributed by atoms with Crippen LogP contribution in [0.2, 0.25) is 0 Å². The molecule has 23 heavy (non-hydrogen) atoms. The molecule has 4 aromatic rings. The van der Waals surface area contributed by atoms with Gasteiger partial charge in [0.25, 0.3) is 0 Å². The Bertz CT molecular complexity index is 1070. The van der Waals surface area contributed by atoms with Gasteiger partial charge in [0.05, 0.1) is 22.8 Å². The van der Waals surface area contributed by atoms with E-state index in [-0.39, 0.29) is 0 Å². The lowest BCUT2D eigenvalue weighted by atomic mass is 10.0. The van der Waals surface area contributed by atoms with Crippen LogP contribution in [-0.4, -0.2) is 9.97 Å². The highest BCUT2D eigenvalue weighted by Crippen LogP contribution is 2.30. The fourth-order valence-electron chi connectivity index (χ4n) is 2.90. The van der Waals surface area contributed by atoms with Gasteiger partial charge in [-0.2, -0.15) is 5.26 Å². The molecule has 0 amide bonds. The van der Waals surface area contributed by atoms with Crippen molar-refractivity contribution in [2.45, 2.75) is 6.92 Å². The molecule has 1 heterocycles. The molecule has 108 valence electrons. The first-order chi connectivity index (χ1) is 11.3. The van der Waals surface area contributed by atoms with Crippen molar-refractivity contribution < 1.29 is 0 Å². The van der Waals surface area contributed by atoms with Gasteiger partial charge in [0.15, 0.2) is 0 Å². The summed E-state index contributed by atoms with van der Waals surface area (Å²) in [4.78, 5) is 9.30. The molecule has 0 bridgehead atoms.